The summed E-state index contributed by atoms with van der Waals surface area (Å²) in [4.78, 5) is 55.0. The summed E-state index contributed by atoms with van der Waals surface area (Å²) in [6, 6.07) is 6.38. The summed E-state index contributed by atoms with van der Waals surface area (Å²) in [5.74, 6) is -4.18. The number of rotatable bonds is 3. The minimum atomic E-state index is -1.76. The average molecular weight is 528 g/mol. The number of para-hydroxylation sites is 1. The fraction of sp³-hybridized carbons (Fsp3) is 0.481. The number of nitrogens with one attached hydrogen (secondary N) is 3. The van der Waals surface area contributed by atoms with Crippen molar-refractivity contribution in [1.29, 1.82) is 0 Å². The van der Waals surface area contributed by atoms with Gasteiger partial charge in [-0.05, 0) is 51.3 Å². The van der Waals surface area contributed by atoms with E-state index in [1.165, 1.54) is 19.9 Å². The number of quaternary nitrogens is 1. The topological polar surface area (TPSA) is 162 Å². The molecule has 0 spiro atoms. The van der Waals surface area contributed by atoms with Crippen LogP contribution in [0.1, 0.15) is 45.6 Å². The van der Waals surface area contributed by atoms with Crippen LogP contribution in [-0.4, -0.2) is 63.7 Å². The molecule has 4 rings (SSSR count). The van der Waals surface area contributed by atoms with Crippen molar-refractivity contribution in [1.82, 2.24) is 10.3 Å². The van der Waals surface area contributed by atoms with E-state index in [0.717, 1.165) is 17.0 Å². The number of amides is 1. The van der Waals surface area contributed by atoms with Gasteiger partial charge in [0.25, 0.3) is 5.91 Å². The maximum atomic E-state index is 13.7. The Hall–Kier alpha value is -3.54. The van der Waals surface area contributed by atoms with E-state index >= 15 is 0 Å². The second-order valence-corrected chi connectivity index (χ2v) is 10.1. The molecule has 0 bridgehead atoms. The van der Waals surface area contributed by atoms with Crippen LogP contribution in [0.2, 0.25) is 0 Å². The number of ketones is 1. The zero-order valence-corrected chi connectivity index (χ0v) is 21.6. The molecule has 1 fully saturated rings. The molecule has 0 aliphatic carbocycles. The highest BCUT2D eigenvalue weighted by atomic mass is 16.6. The number of cyclic esters (lactones) is 2. The molecule has 4 N–H and O–H groups in total. The van der Waals surface area contributed by atoms with Crippen LogP contribution in [0.3, 0.4) is 0 Å². The lowest BCUT2D eigenvalue weighted by Crippen LogP contribution is -3.19. The predicted octanol–water partition coefficient (Wildman–Crippen LogP) is 0.457. The van der Waals surface area contributed by atoms with Gasteiger partial charge in [0.2, 0.25) is 0 Å². The normalized spacial score (nSPS) is 34.3. The molecule has 204 valence electrons. The highest BCUT2D eigenvalue weighted by Crippen LogP contribution is 2.30. The zero-order chi connectivity index (χ0) is 27.6. The maximum absolute atomic E-state index is 13.7. The molecule has 3 heterocycles. The molecular weight excluding hydrogens is 494 g/mol. The first-order valence-corrected chi connectivity index (χ1v) is 12.7. The lowest BCUT2D eigenvalue weighted by atomic mass is 9.82. The number of carbonyl (C=O) groups excluding carboxylic acids is 4. The number of hydrogen-bond acceptors (Lipinski definition) is 8. The molecule has 2 aromatic rings. The van der Waals surface area contributed by atoms with E-state index in [9.17, 15) is 29.5 Å². The number of H-pyrrole nitrogens is 1. The fourth-order valence-corrected chi connectivity index (χ4v) is 5.12. The number of hydroxylamine groups is 2. The molecule has 1 aromatic heterocycles. The molecule has 11 nitrogen and oxygen atoms in total. The lowest BCUT2D eigenvalue weighted by Gasteiger charge is -2.42. The number of aromatic nitrogens is 1. The molecule has 11 heteroatoms. The van der Waals surface area contributed by atoms with Gasteiger partial charge in [0, 0.05) is 29.6 Å². The average Bonchev–Trinajstić information content (AvgIpc) is 3.38. The van der Waals surface area contributed by atoms with Crippen LogP contribution < -0.4 is 10.4 Å². The molecule has 0 saturated carbocycles. The molecule has 2 aliphatic heterocycles. The van der Waals surface area contributed by atoms with Crippen LogP contribution >= 0.6 is 0 Å². The Morgan fingerprint density at radius 1 is 1.11 bits per heavy atom. The first kappa shape index (κ1) is 27.5. The predicted molar refractivity (Wildman–Crippen MR) is 135 cm³/mol. The van der Waals surface area contributed by atoms with E-state index < -0.39 is 71.0 Å². The molecule has 1 saturated heterocycles. The number of benzene rings is 1. The molecular formula is C27H33N3O8. The summed E-state index contributed by atoms with van der Waals surface area (Å²) in [7, 11) is 0. The maximum Gasteiger partial charge on any atom is 0.331 e. The number of aliphatic hydroxyl groups excluding tert-OH is 1. The molecule has 2 aliphatic rings. The standard InChI is InChI=1S/C27H33N3O8/c1-15-8-9-19(31)10-11-24(33)38-17(3)23(32)12-21(26(35)37-15)27(29-25(34)16(2)30(27)36)13-18-14-28-22-7-5-4-6-20(18)22/h4-7,10-11,14-17,19,21,28,30-31H,8-9,12-13H2,1-3H3,(H,29,34)/b11-10-/t15-,16?,17-,19+,21+,27-/m1/s1. The quantitative estimate of drug-likeness (QED) is 0.331. The van der Waals surface area contributed by atoms with Crippen LogP contribution in [0, 0.1) is 11.1 Å². The van der Waals surface area contributed by atoms with Crippen LogP contribution in [0.15, 0.2) is 42.6 Å². The largest absolute Gasteiger partial charge is 0.632 e. The second kappa shape index (κ2) is 11.1. The number of ether oxygens (including phenoxy) is 2. The number of esters is 2. The molecule has 7 atom stereocenters. The van der Waals surface area contributed by atoms with Crippen LogP contribution in [0.4, 0.5) is 0 Å². The Bertz CT molecular complexity index is 1260. The highest BCUT2D eigenvalue weighted by Gasteiger charge is 2.59. The van der Waals surface area contributed by atoms with Gasteiger partial charge in [0.05, 0.1) is 18.6 Å². The first-order valence-electron chi connectivity index (χ1n) is 12.7. The third kappa shape index (κ3) is 5.50. The number of carbonyl (C=O) groups is 4. The third-order valence-corrected chi connectivity index (χ3v) is 7.39. The summed E-state index contributed by atoms with van der Waals surface area (Å²) >= 11 is 0. The monoisotopic (exact) mass is 527 g/mol. The Kier molecular flexibility index (Phi) is 8.00. The minimum Gasteiger partial charge on any atom is -0.632 e. The van der Waals surface area contributed by atoms with Crippen LogP contribution in [-0.2, 0) is 35.1 Å². The van der Waals surface area contributed by atoms with Crippen molar-refractivity contribution in [2.45, 2.75) is 76.5 Å². The van der Waals surface area contributed by atoms with Gasteiger partial charge in [-0.1, -0.05) is 18.2 Å². The van der Waals surface area contributed by atoms with Gasteiger partial charge in [0.15, 0.2) is 23.6 Å². The lowest BCUT2D eigenvalue weighted by molar-refractivity contribution is -0.914. The summed E-state index contributed by atoms with van der Waals surface area (Å²) in [6.07, 6.45) is 1.04. The van der Waals surface area contributed by atoms with Crippen molar-refractivity contribution < 1.29 is 38.8 Å². The van der Waals surface area contributed by atoms with Crippen molar-refractivity contribution in [2.24, 2.45) is 5.92 Å². The molecule has 0 radical (unpaired) electrons. The van der Waals surface area contributed by atoms with E-state index in [2.05, 4.69) is 10.3 Å². The fourth-order valence-electron chi connectivity index (χ4n) is 5.12. The Balaban J connectivity index is 1.77. The van der Waals surface area contributed by atoms with Crippen molar-refractivity contribution in [2.75, 3.05) is 0 Å². The van der Waals surface area contributed by atoms with E-state index in [1.807, 2.05) is 24.3 Å². The van der Waals surface area contributed by atoms with Gasteiger partial charge in [0.1, 0.15) is 5.92 Å². The van der Waals surface area contributed by atoms with Crippen molar-refractivity contribution in [3.8, 4) is 0 Å². The molecule has 38 heavy (non-hydrogen) atoms. The third-order valence-electron chi connectivity index (χ3n) is 7.39. The molecule has 1 aromatic carbocycles. The SMILES string of the molecule is CC1C(=O)N[C@@](Cc2c[nH]c3ccccc23)([C@H]2CC(=O)[C@@H](C)OC(=O)/C=C\[C@@H](O)CC[C@@H](C)OC2=O)[NH+]1[O-]. The highest BCUT2D eigenvalue weighted by molar-refractivity contribution is 5.92. The zero-order valence-electron chi connectivity index (χ0n) is 21.6. The van der Waals surface area contributed by atoms with Gasteiger partial charge >= 0.3 is 11.9 Å². The summed E-state index contributed by atoms with van der Waals surface area (Å²) < 4.78 is 10.9. The molecule has 1 amide bonds. The van der Waals surface area contributed by atoms with Crippen LogP contribution in [0.25, 0.3) is 10.9 Å². The van der Waals surface area contributed by atoms with Crippen molar-refractivity contribution in [3.63, 3.8) is 0 Å². The number of aromatic amines is 1. The Labute approximate surface area is 219 Å². The smallest absolute Gasteiger partial charge is 0.331 e. The number of hydrogen-bond donors (Lipinski definition) is 4. The molecule has 2 unspecified atom stereocenters. The van der Waals surface area contributed by atoms with E-state index in [-0.39, 0.29) is 19.3 Å². The Morgan fingerprint density at radius 3 is 2.55 bits per heavy atom. The summed E-state index contributed by atoms with van der Waals surface area (Å²) in [5, 5.41) is 26.9. The number of Topliss-reactive ketones (excluding diaryl/α,β-unsaturated/α-hetero) is 1. The van der Waals surface area contributed by atoms with Gasteiger partial charge in [-0.25, -0.2) is 4.79 Å². The van der Waals surface area contributed by atoms with Gasteiger partial charge in [-0.15, -0.1) is 0 Å². The summed E-state index contributed by atoms with van der Waals surface area (Å²) in [6.45, 7) is 4.47. The van der Waals surface area contributed by atoms with E-state index in [1.54, 1.807) is 13.1 Å². The van der Waals surface area contributed by atoms with E-state index in [4.69, 9.17) is 9.47 Å². The Morgan fingerprint density at radius 2 is 1.84 bits per heavy atom. The first-order chi connectivity index (χ1) is 18.0. The van der Waals surface area contributed by atoms with E-state index in [0.29, 0.717) is 5.56 Å². The van der Waals surface area contributed by atoms with Gasteiger partial charge < -0.3 is 29.8 Å². The van der Waals surface area contributed by atoms with Gasteiger partial charge in [-0.2, -0.15) is 0 Å². The number of aliphatic hydroxyl groups is 1. The van der Waals surface area contributed by atoms with Gasteiger partial charge in [-0.3, -0.25) is 19.7 Å². The number of fused-ring (bicyclic) bond motifs is 1. The van der Waals surface area contributed by atoms with Crippen molar-refractivity contribution in [3.05, 3.63) is 53.4 Å². The van der Waals surface area contributed by atoms with Crippen molar-refractivity contribution >= 4 is 34.5 Å². The second-order valence-electron chi connectivity index (χ2n) is 10.1. The minimum absolute atomic E-state index is 0.0526. The summed E-state index contributed by atoms with van der Waals surface area (Å²) in [5.41, 5.74) is -0.259. The van der Waals surface area contributed by atoms with Crippen LogP contribution in [0.5, 0.6) is 0 Å².